The molecule has 1 aromatic rings. The summed E-state index contributed by atoms with van der Waals surface area (Å²) in [4.78, 5) is 12.1. The van der Waals surface area contributed by atoms with E-state index in [-0.39, 0.29) is 5.78 Å². The van der Waals surface area contributed by atoms with Crippen molar-refractivity contribution in [3.63, 3.8) is 0 Å². The number of rotatable bonds is 2. The topological polar surface area (TPSA) is 40.9 Å². The van der Waals surface area contributed by atoms with Crippen LogP contribution in [0.2, 0.25) is 0 Å². The molecule has 1 saturated carbocycles. The van der Waals surface area contributed by atoms with Gasteiger partial charge in [-0.1, -0.05) is 23.8 Å². The highest BCUT2D eigenvalue weighted by Crippen LogP contribution is 2.42. The Labute approximate surface area is 89.5 Å². The van der Waals surface area contributed by atoms with Crippen LogP contribution in [0.25, 0.3) is 0 Å². The molecular formula is C13H13NO. The fourth-order valence-electron chi connectivity index (χ4n) is 1.98. The van der Waals surface area contributed by atoms with E-state index in [1.807, 2.05) is 25.1 Å². The molecule has 0 spiro atoms. The van der Waals surface area contributed by atoms with Crippen LogP contribution in [-0.4, -0.2) is 5.78 Å². The molecule has 2 rings (SSSR count). The predicted octanol–water partition coefficient (Wildman–Crippen LogP) is 2.87. The first-order valence-electron chi connectivity index (χ1n) is 5.21. The van der Waals surface area contributed by atoms with Gasteiger partial charge in [0.2, 0.25) is 0 Å². The summed E-state index contributed by atoms with van der Waals surface area (Å²) in [6.07, 6.45) is 2.43. The lowest BCUT2D eigenvalue weighted by Crippen LogP contribution is -2.36. The van der Waals surface area contributed by atoms with E-state index in [4.69, 9.17) is 5.26 Å². The van der Waals surface area contributed by atoms with Gasteiger partial charge in [-0.25, -0.2) is 0 Å². The molecule has 2 nitrogen and oxygen atoms in total. The van der Waals surface area contributed by atoms with Gasteiger partial charge < -0.3 is 0 Å². The van der Waals surface area contributed by atoms with E-state index in [2.05, 4.69) is 6.07 Å². The highest BCUT2D eigenvalue weighted by atomic mass is 16.1. The third-order valence-electron chi connectivity index (χ3n) is 3.14. The summed E-state index contributed by atoms with van der Waals surface area (Å²) in [6, 6.07) is 9.66. The maximum absolute atomic E-state index is 12.1. The van der Waals surface area contributed by atoms with Gasteiger partial charge in [-0.15, -0.1) is 0 Å². The van der Waals surface area contributed by atoms with Crippen LogP contribution >= 0.6 is 0 Å². The summed E-state index contributed by atoms with van der Waals surface area (Å²) in [5, 5.41) is 9.07. The van der Waals surface area contributed by atoms with Crippen LogP contribution in [0.3, 0.4) is 0 Å². The van der Waals surface area contributed by atoms with Gasteiger partial charge in [0.1, 0.15) is 5.41 Å². The zero-order valence-corrected chi connectivity index (χ0v) is 8.79. The molecule has 1 fully saturated rings. The second-order valence-electron chi connectivity index (χ2n) is 4.25. The molecule has 76 valence electrons. The molecule has 2 heteroatoms. The summed E-state index contributed by atoms with van der Waals surface area (Å²) in [6.45, 7) is 1.95. The second-order valence-corrected chi connectivity index (χ2v) is 4.25. The van der Waals surface area contributed by atoms with E-state index in [1.165, 1.54) is 0 Å². The number of hydrogen-bond acceptors (Lipinski definition) is 2. The minimum atomic E-state index is -0.714. The number of aryl methyl sites for hydroxylation is 1. The first-order chi connectivity index (χ1) is 7.18. The summed E-state index contributed by atoms with van der Waals surface area (Å²) >= 11 is 0. The molecule has 0 aliphatic heterocycles. The van der Waals surface area contributed by atoms with E-state index in [0.29, 0.717) is 5.56 Å². The van der Waals surface area contributed by atoms with Gasteiger partial charge in [-0.2, -0.15) is 5.26 Å². The Hall–Kier alpha value is -1.62. The van der Waals surface area contributed by atoms with Crippen LogP contribution in [0.5, 0.6) is 0 Å². The SMILES string of the molecule is Cc1cccc(C(=O)C2(C#N)CCC2)c1. The average molecular weight is 199 g/mol. The van der Waals surface area contributed by atoms with Gasteiger partial charge in [0.05, 0.1) is 6.07 Å². The first kappa shape index (κ1) is 9.92. The van der Waals surface area contributed by atoms with E-state index >= 15 is 0 Å². The summed E-state index contributed by atoms with van der Waals surface area (Å²) in [5.74, 6) is -0.0000463. The first-order valence-corrected chi connectivity index (χ1v) is 5.21. The Kier molecular flexibility index (Phi) is 2.32. The van der Waals surface area contributed by atoms with Crippen molar-refractivity contribution in [3.05, 3.63) is 35.4 Å². The number of nitriles is 1. The molecule has 0 aromatic heterocycles. The Morgan fingerprint density at radius 3 is 2.67 bits per heavy atom. The standard InChI is InChI=1S/C13H13NO/c1-10-4-2-5-11(8-10)12(15)13(9-14)6-3-7-13/h2,4-5,8H,3,6-7H2,1H3. The van der Waals surface area contributed by atoms with Crippen LogP contribution in [0, 0.1) is 23.7 Å². The smallest absolute Gasteiger partial charge is 0.183 e. The highest BCUT2D eigenvalue weighted by molar-refractivity contribution is 6.03. The van der Waals surface area contributed by atoms with Crippen molar-refractivity contribution in [2.75, 3.05) is 0 Å². The third-order valence-corrected chi connectivity index (χ3v) is 3.14. The number of Topliss-reactive ketones (excluding diaryl/α,β-unsaturated/α-hetero) is 1. The lowest BCUT2D eigenvalue weighted by Gasteiger charge is -2.33. The molecule has 1 aliphatic carbocycles. The summed E-state index contributed by atoms with van der Waals surface area (Å²) < 4.78 is 0. The molecule has 1 aromatic carbocycles. The van der Waals surface area contributed by atoms with Crippen molar-refractivity contribution < 1.29 is 4.79 Å². The molecule has 0 radical (unpaired) electrons. The molecule has 0 unspecified atom stereocenters. The summed E-state index contributed by atoms with van der Waals surface area (Å²) in [7, 11) is 0. The van der Waals surface area contributed by atoms with Crippen LogP contribution in [0.4, 0.5) is 0 Å². The minimum absolute atomic E-state index is 0.0000463. The van der Waals surface area contributed by atoms with Crippen molar-refractivity contribution >= 4 is 5.78 Å². The molecule has 0 saturated heterocycles. The fraction of sp³-hybridized carbons (Fsp3) is 0.385. The van der Waals surface area contributed by atoms with E-state index in [1.54, 1.807) is 6.07 Å². The fourth-order valence-corrected chi connectivity index (χ4v) is 1.98. The van der Waals surface area contributed by atoms with E-state index in [0.717, 1.165) is 24.8 Å². The highest BCUT2D eigenvalue weighted by Gasteiger charge is 2.44. The Morgan fingerprint density at radius 1 is 1.47 bits per heavy atom. The molecule has 0 bridgehead atoms. The lowest BCUT2D eigenvalue weighted by molar-refractivity contribution is 0.0748. The van der Waals surface area contributed by atoms with Crippen molar-refractivity contribution in [1.82, 2.24) is 0 Å². The van der Waals surface area contributed by atoms with Crippen molar-refractivity contribution in [2.45, 2.75) is 26.2 Å². The van der Waals surface area contributed by atoms with Crippen molar-refractivity contribution in [2.24, 2.45) is 5.41 Å². The molecule has 0 amide bonds. The predicted molar refractivity (Wildman–Crippen MR) is 57.4 cm³/mol. The largest absolute Gasteiger partial charge is 0.292 e. The van der Waals surface area contributed by atoms with Gasteiger partial charge in [0, 0.05) is 5.56 Å². The number of carbonyl (C=O) groups excluding carboxylic acids is 1. The Morgan fingerprint density at radius 2 is 2.20 bits per heavy atom. The van der Waals surface area contributed by atoms with Gasteiger partial charge in [-0.3, -0.25) is 4.79 Å². The van der Waals surface area contributed by atoms with Gasteiger partial charge in [0.25, 0.3) is 0 Å². The maximum Gasteiger partial charge on any atom is 0.183 e. The lowest BCUT2D eigenvalue weighted by atomic mass is 9.65. The molecule has 15 heavy (non-hydrogen) atoms. The molecule has 0 heterocycles. The van der Waals surface area contributed by atoms with Gasteiger partial charge >= 0.3 is 0 Å². The molecule has 0 N–H and O–H groups in total. The second kappa shape index (κ2) is 3.51. The Balaban J connectivity index is 2.33. The van der Waals surface area contributed by atoms with Crippen molar-refractivity contribution in [3.8, 4) is 6.07 Å². The van der Waals surface area contributed by atoms with E-state index in [9.17, 15) is 4.79 Å². The third kappa shape index (κ3) is 1.55. The molecule has 1 aliphatic rings. The Bertz CT molecular complexity index is 438. The monoisotopic (exact) mass is 199 g/mol. The quantitative estimate of drug-likeness (QED) is 0.687. The zero-order valence-electron chi connectivity index (χ0n) is 8.79. The van der Waals surface area contributed by atoms with Gasteiger partial charge in [0.15, 0.2) is 5.78 Å². The van der Waals surface area contributed by atoms with Crippen molar-refractivity contribution in [1.29, 1.82) is 5.26 Å². The van der Waals surface area contributed by atoms with Crippen LogP contribution in [-0.2, 0) is 0 Å². The number of carbonyl (C=O) groups is 1. The summed E-state index contributed by atoms with van der Waals surface area (Å²) in [5.41, 5.74) is 1.03. The minimum Gasteiger partial charge on any atom is -0.292 e. The normalized spacial score (nSPS) is 17.6. The number of hydrogen-bond donors (Lipinski definition) is 0. The molecular weight excluding hydrogens is 186 g/mol. The number of nitrogens with zero attached hydrogens (tertiary/aromatic N) is 1. The molecule has 0 atom stereocenters. The van der Waals surface area contributed by atoms with Crippen LogP contribution in [0.15, 0.2) is 24.3 Å². The average Bonchev–Trinajstić information content (AvgIpc) is 2.17. The maximum atomic E-state index is 12.1. The number of benzene rings is 1. The van der Waals surface area contributed by atoms with Gasteiger partial charge in [-0.05, 0) is 32.3 Å². The van der Waals surface area contributed by atoms with E-state index < -0.39 is 5.41 Å². The van der Waals surface area contributed by atoms with Crippen LogP contribution in [0.1, 0.15) is 35.2 Å². The van der Waals surface area contributed by atoms with Crippen LogP contribution < -0.4 is 0 Å². The number of ketones is 1. The zero-order chi connectivity index (χ0) is 10.9.